The summed E-state index contributed by atoms with van der Waals surface area (Å²) in [6.07, 6.45) is -0.752. The van der Waals surface area contributed by atoms with Gasteiger partial charge in [-0.05, 0) is 34.4 Å². The number of halogens is 1. The standard InChI is InChI=1S/C22H16ClNO4/c23-19-11-5-10-17(21(25)26)20(19)24-22(27)28-12-18-15-8-3-1-6-13(15)14-7-2-4-9-16(14)18/h1-11,18H,12H2,(H,24,27)(H,25,26). The number of benzene rings is 3. The van der Waals surface area contributed by atoms with E-state index in [1.807, 2.05) is 36.4 Å². The Morgan fingerprint density at radius 1 is 0.929 bits per heavy atom. The normalized spacial score (nSPS) is 12.2. The Kier molecular flexibility index (Phi) is 4.75. The molecule has 4 rings (SSSR count). The summed E-state index contributed by atoms with van der Waals surface area (Å²) in [7, 11) is 0. The molecule has 2 N–H and O–H groups in total. The summed E-state index contributed by atoms with van der Waals surface area (Å²) in [5.41, 5.74) is 4.38. The van der Waals surface area contributed by atoms with Crippen molar-refractivity contribution < 1.29 is 19.4 Å². The van der Waals surface area contributed by atoms with Gasteiger partial charge in [-0.2, -0.15) is 0 Å². The zero-order valence-electron chi connectivity index (χ0n) is 14.7. The Morgan fingerprint density at radius 2 is 1.54 bits per heavy atom. The maximum atomic E-state index is 12.3. The van der Waals surface area contributed by atoms with Crippen LogP contribution >= 0.6 is 11.6 Å². The monoisotopic (exact) mass is 393 g/mol. The molecule has 28 heavy (non-hydrogen) atoms. The molecule has 0 aliphatic heterocycles. The molecule has 0 saturated carbocycles. The third-order valence-corrected chi connectivity index (χ3v) is 5.13. The van der Waals surface area contributed by atoms with Crippen LogP contribution in [0, 0.1) is 0 Å². The van der Waals surface area contributed by atoms with Crippen molar-refractivity contribution in [3.63, 3.8) is 0 Å². The molecule has 0 unspecified atom stereocenters. The molecule has 1 aliphatic carbocycles. The van der Waals surface area contributed by atoms with Crippen LogP contribution < -0.4 is 5.32 Å². The van der Waals surface area contributed by atoms with Crippen LogP contribution in [0.2, 0.25) is 5.02 Å². The second-order valence-electron chi connectivity index (χ2n) is 6.42. The Hall–Kier alpha value is -3.31. The summed E-state index contributed by atoms with van der Waals surface area (Å²) in [5, 5.41) is 11.9. The van der Waals surface area contributed by atoms with Crippen molar-refractivity contribution in [1.29, 1.82) is 0 Å². The molecule has 6 heteroatoms. The highest BCUT2D eigenvalue weighted by Crippen LogP contribution is 2.44. The molecular formula is C22H16ClNO4. The lowest BCUT2D eigenvalue weighted by Gasteiger charge is -2.15. The van der Waals surface area contributed by atoms with Crippen molar-refractivity contribution >= 4 is 29.4 Å². The van der Waals surface area contributed by atoms with Gasteiger partial charge < -0.3 is 9.84 Å². The first-order valence-electron chi connectivity index (χ1n) is 8.70. The van der Waals surface area contributed by atoms with Crippen LogP contribution in [0.15, 0.2) is 66.7 Å². The van der Waals surface area contributed by atoms with E-state index in [0.717, 1.165) is 22.3 Å². The van der Waals surface area contributed by atoms with E-state index in [0.29, 0.717) is 0 Å². The van der Waals surface area contributed by atoms with E-state index in [1.165, 1.54) is 18.2 Å². The number of amides is 1. The van der Waals surface area contributed by atoms with Crippen LogP contribution in [0.3, 0.4) is 0 Å². The van der Waals surface area contributed by atoms with Crippen LogP contribution in [0.1, 0.15) is 27.4 Å². The Balaban J connectivity index is 1.53. The number of nitrogens with one attached hydrogen (secondary N) is 1. The average Bonchev–Trinajstić information content (AvgIpc) is 3.02. The minimum atomic E-state index is -1.18. The number of fused-ring (bicyclic) bond motifs is 3. The molecule has 0 spiro atoms. The molecule has 0 bridgehead atoms. The first-order chi connectivity index (χ1) is 13.6. The van der Waals surface area contributed by atoms with E-state index in [-0.39, 0.29) is 28.8 Å². The SMILES string of the molecule is O=C(Nc1c(Cl)cccc1C(=O)O)OCC1c2ccccc2-c2ccccc21. The Labute approximate surface area is 166 Å². The fraction of sp³-hybridized carbons (Fsp3) is 0.0909. The van der Waals surface area contributed by atoms with E-state index in [4.69, 9.17) is 16.3 Å². The van der Waals surface area contributed by atoms with Gasteiger partial charge in [0.15, 0.2) is 0 Å². The summed E-state index contributed by atoms with van der Waals surface area (Å²) in [4.78, 5) is 23.7. The zero-order chi connectivity index (χ0) is 19.7. The first kappa shape index (κ1) is 18.1. The van der Waals surface area contributed by atoms with Gasteiger partial charge in [0.2, 0.25) is 0 Å². The summed E-state index contributed by atoms with van der Waals surface area (Å²) in [6.45, 7) is 0.132. The van der Waals surface area contributed by atoms with Gasteiger partial charge in [-0.15, -0.1) is 0 Å². The zero-order valence-corrected chi connectivity index (χ0v) is 15.4. The molecule has 0 heterocycles. The number of carbonyl (C=O) groups is 2. The van der Waals surface area contributed by atoms with Gasteiger partial charge >= 0.3 is 12.1 Å². The molecule has 3 aromatic rings. The van der Waals surface area contributed by atoms with Crippen molar-refractivity contribution in [3.05, 3.63) is 88.4 Å². The third-order valence-electron chi connectivity index (χ3n) is 4.81. The minimum absolute atomic E-state index is 0.0221. The number of para-hydroxylation sites is 1. The summed E-state index contributed by atoms with van der Waals surface area (Å²) < 4.78 is 5.43. The van der Waals surface area contributed by atoms with Gasteiger partial charge in [0.1, 0.15) is 6.61 Å². The van der Waals surface area contributed by atoms with Crippen LogP contribution in [-0.2, 0) is 4.74 Å². The molecule has 0 atom stereocenters. The first-order valence-corrected chi connectivity index (χ1v) is 9.08. The van der Waals surface area contributed by atoms with E-state index >= 15 is 0 Å². The predicted molar refractivity (Wildman–Crippen MR) is 107 cm³/mol. The topological polar surface area (TPSA) is 75.6 Å². The number of ether oxygens (including phenoxy) is 1. The number of carbonyl (C=O) groups excluding carboxylic acids is 1. The minimum Gasteiger partial charge on any atom is -0.478 e. The van der Waals surface area contributed by atoms with Crippen LogP contribution in [0.5, 0.6) is 0 Å². The molecule has 5 nitrogen and oxygen atoms in total. The number of carboxylic acid groups (broad SMARTS) is 1. The number of anilines is 1. The second kappa shape index (κ2) is 7.37. The number of rotatable bonds is 4. The highest BCUT2D eigenvalue weighted by Gasteiger charge is 2.29. The summed E-state index contributed by atoms with van der Waals surface area (Å²) in [6, 6.07) is 20.4. The molecule has 3 aromatic carbocycles. The predicted octanol–water partition coefficient (Wildman–Crippen LogP) is 5.40. The molecular weight excluding hydrogens is 378 g/mol. The summed E-state index contributed by atoms with van der Waals surface area (Å²) >= 11 is 6.05. The Bertz CT molecular complexity index is 1030. The van der Waals surface area contributed by atoms with Crippen molar-refractivity contribution in [3.8, 4) is 11.1 Å². The molecule has 1 amide bonds. The number of hydrogen-bond acceptors (Lipinski definition) is 3. The number of aromatic carboxylic acids is 1. The highest BCUT2D eigenvalue weighted by atomic mass is 35.5. The largest absolute Gasteiger partial charge is 0.478 e. The van der Waals surface area contributed by atoms with Crippen LogP contribution in [0.4, 0.5) is 10.5 Å². The third kappa shape index (κ3) is 3.21. The molecule has 0 saturated heterocycles. The second-order valence-corrected chi connectivity index (χ2v) is 6.83. The maximum absolute atomic E-state index is 12.3. The lowest BCUT2D eigenvalue weighted by Crippen LogP contribution is -2.19. The van der Waals surface area contributed by atoms with Crippen LogP contribution in [0.25, 0.3) is 11.1 Å². The molecule has 0 aromatic heterocycles. The number of carboxylic acids is 1. The average molecular weight is 394 g/mol. The number of hydrogen-bond donors (Lipinski definition) is 2. The molecule has 140 valence electrons. The van der Waals surface area contributed by atoms with Gasteiger partial charge in [0.25, 0.3) is 0 Å². The lowest BCUT2D eigenvalue weighted by atomic mass is 9.98. The van der Waals surface area contributed by atoms with Gasteiger partial charge in [-0.3, -0.25) is 5.32 Å². The van der Waals surface area contributed by atoms with Crippen molar-refractivity contribution in [1.82, 2.24) is 0 Å². The molecule has 0 fully saturated rings. The molecule has 0 radical (unpaired) electrons. The van der Waals surface area contributed by atoms with E-state index in [2.05, 4.69) is 17.4 Å². The van der Waals surface area contributed by atoms with Crippen molar-refractivity contribution in [2.75, 3.05) is 11.9 Å². The van der Waals surface area contributed by atoms with Gasteiger partial charge in [-0.1, -0.05) is 66.2 Å². The van der Waals surface area contributed by atoms with Crippen molar-refractivity contribution in [2.24, 2.45) is 0 Å². The van der Waals surface area contributed by atoms with E-state index in [1.54, 1.807) is 0 Å². The van der Waals surface area contributed by atoms with Crippen LogP contribution in [-0.4, -0.2) is 23.8 Å². The molecule has 1 aliphatic rings. The van der Waals surface area contributed by atoms with Gasteiger partial charge in [-0.25, -0.2) is 9.59 Å². The van der Waals surface area contributed by atoms with E-state index < -0.39 is 12.1 Å². The van der Waals surface area contributed by atoms with Crippen molar-refractivity contribution in [2.45, 2.75) is 5.92 Å². The lowest BCUT2D eigenvalue weighted by molar-refractivity contribution is 0.0698. The fourth-order valence-electron chi connectivity index (χ4n) is 3.57. The smallest absolute Gasteiger partial charge is 0.411 e. The summed E-state index contributed by atoms with van der Waals surface area (Å²) in [5.74, 6) is -1.26. The van der Waals surface area contributed by atoms with Gasteiger partial charge in [0, 0.05) is 5.92 Å². The van der Waals surface area contributed by atoms with Gasteiger partial charge in [0.05, 0.1) is 16.3 Å². The van der Waals surface area contributed by atoms with E-state index in [9.17, 15) is 14.7 Å². The highest BCUT2D eigenvalue weighted by molar-refractivity contribution is 6.34. The quantitative estimate of drug-likeness (QED) is 0.622. The maximum Gasteiger partial charge on any atom is 0.411 e. The fourth-order valence-corrected chi connectivity index (χ4v) is 3.79. The Morgan fingerprint density at radius 3 is 2.14 bits per heavy atom.